The lowest BCUT2D eigenvalue weighted by Crippen LogP contribution is -1.83. The van der Waals surface area contributed by atoms with Gasteiger partial charge >= 0.3 is 0 Å². The Morgan fingerprint density at radius 3 is 2.21 bits per heavy atom. The largest absolute Gasteiger partial charge is 0.207 e. The molecule has 2 aromatic carbocycles. The second kappa shape index (κ2) is 3.58. The maximum absolute atomic E-state index is 12.9. The molecule has 0 aliphatic carbocycles. The highest BCUT2D eigenvalue weighted by atomic mass is 19.1. The highest BCUT2D eigenvalue weighted by Crippen LogP contribution is 2.20. The zero-order chi connectivity index (χ0) is 9.97. The summed E-state index contributed by atoms with van der Waals surface area (Å²) in [4.78, 5) is 0. The Kier molecular flexibility index (Phi) is 2.27. The SMILES string of the molecule is Fc1cc(F)cc(-c2[c]cccc2)c1. The summed E-state index contributed by atoms with van der Waals surface area (Å²) in [6.07, 6.45) is 0. The lowest BCUT2D eigenvalue weighted by Gasteiger charge is -2.00. The maximum Gasteiger partial charge on any atom is 0.126 e. The zero-order valence-electron chi connectivity index (χ0n) is 7.30. The molecule has 2 heteroatoms. The summed E-state index contributed by atoms with van der Waals surface area (Å²) in [6, 6.07) is 13.4. The Hall–Kier alpha value is -1.70. The van der Waals surface area contributed by atoms with Gasteiger partial charge in [0.1, 0.15) is 11.6 Å². The summed E-state index contributed by atoms with van der Waals surface area (Å²) in [7, 11) is 0. The lowest BCUT2D eigenvalue weighted by molar-refractivity contribution is 0.584. The van der Waals surface area contributed by atoms with Crippen molar-refractivity contribution in [1.29, 1.82) is 0 Å². The van der Waals surface area contributed by atoms with E-state index >= 15 is 0 Å². The van der Waals surface area contributed by atoms with Crippen molar-refractivity contribution < 1.29 is 8.78 Å². The summed E-state index contributed by atoms with van der Waals surface area (Å²) in [6.45, 7) is 0. The summed E-state index contributed by atoms with van der Waals surface area (Å²) >= 11 is 0. The van der Waals surface area contributed by atoms with Crippen LogP contribution in [0.5, 0.6) is 0 Å². The molecule has 0 fully saturated rings. The number of hydrogen-bond donors (Lipinski definition) is 0. The van der Waals surface area contributed by atoms with Gasteiger partial charge in [0.2, 0.25) is 0 Å². The van der Waals surface area contributed by atoms with Crippen LogP contribution in [0.15, 0.2) is 42.5 Å². The molecule has 0 nitrogen and oxygen atoms in total. The molecule has 0 aromatic heterocycles. The van der Waals surface area contributed by atoms with Gasteiger partial charge in [0.25, 0.3) is 0 Å². The Balaban J connectivity index is 2.52. The predicted octanol–water partition coefficient (Wildman–Crippen LogP) is 3.43. The van der Waals surface area contributed by atoms with Gasteiger partial charge in [0, 0.05) is 6.07 Å². The minimum absolute atomic E-state index is 0.503. The van der Waals surface area contributed by atoms with E-state index in [0.717, 1.165) is 6.07 Å². The Labute approximate surface area is 80.8 Å². The highest BCUT2D eigenvalue weighted by Gasteiger charge is 2.01. The molecular weight excluding hydrogens is 182 g/mol. The van der Waals surface area contributed by atoms with Gasteiger partial charge in [-0.25, -0.2) is 8.78 Å². The first-order valence-electron chi connectivity index (χ1n) is 4.19. The quantitative estimate of drug-likeness (QED) is 0.644. The van der Waals surface area contributed by atoms with Crippen molar-refractivity contribution in [3.05, 3.63) is 60.2 Å². The number of hydrogen-bond acceptors (Lipinski definition) is 0. The fourth-order valence-corrected chi connectivity index (χ4v) is 1.28. The first-order valence-corrected chi connectivity index (χ1v) is 4.19. The van der Waals surface area contributed by atoms with E-state index in [1.54, 1.807) is 24.3 Å². The van der Waals surface area contributed by atoms with Gasteiger partial charge in [-0.05, 0) is 29.3 Å². The molecule has 2 aromatic rings. The molecule has 0 saturated heterocycles. The highest BCUT2D eigenvalue weighted by molar-refractivity contribution is 5.62. The van der Waals surface area contributed by atoms with Gasteiger partial charge in [0.15, 0.2) is 0 Å². The van der Waals surface area contributed by atoms with Crippen LogP contribution < -0.4 is 0 Å². The minimum Gasteiger partial charge on any atom is -0.207 e. The lowest BCUT2D eigenvalue weighted by atomic mass is 10.1. The summed E-state index contributed by atoms with van der Waals surface area (Å²) in [5.74, 6) is -1.14. The van der Waals surface area contributed by atoms with Gasteiger partial charge in [-0.15, -0.1) is 0 Å². The molecule has 0 unspecified atom stereocenters. The van der Waals surface area contributed by atoms with E-state index in [4.69, 9.17) is 0 Å². The molecule has 69 valence electrons. The summed E-state index contributed by atoms with van der Waals surface area (Å²) in [5.41, 5.74) is 1.19. The first kappa shape index (κ1) is 8.88. The van der Waals surface area contributed by atoms with Crippen LogP contribution in [-0.4, -0.2) is 0 Å². The van der Waals surface area contributed by atoms with Crippen molar-refractivity contribution in [2.75, 3.05) is 0 Å². The van der Waals surface area contributed by atoms with E-state index in [0.29, 0.717) is 11.1 Å². The fourth-order valence-electron chi connectivity index (χ4n) is 1.28. The van der Waals surface area contributed by atoms with E-state index in [2.05, 4.69) is 6.07 Å². The molecule has 0 amide bonds. The van der Waals surface area contributed by atoms with Crippen LogP contribution in [-0.2, 0) is 0 Å². The first-order chi connectivity index (χ1) is 6.75. The molecule has 1 radical (unpaired) electrons. The van der Waals surface area contributed by atoms with E-state index in [-0.39, 0.29) is 0 Å². The third kappa shape index (κ3) is 1.79. The smallest absolute Gasteiger partial charge is 0.126 e. The average molecular weight is 189 g/mol. The molecule has 0 heterocycles. The predicted molar refractivity (Wildman–Crippen MR) is 50.6 cm³/mol. The van der Waals surface area contributed by atoms with Gasteiger partial charge in [-0.1, -0.05) is 24.3 Å². The number of halogens is 2. The number of rotatable bonds is 1. The molecule has 0 bridgehead atoms. The van der Waals surface area contributed by atoms with Crippen LogP contribution in [0.1, 0.15) is 0 Å². The molecule has 14 heavy (non-hydrogen) atoms. The second-order valence-corrected chi connectivity index (χ2v) is 2.93. The van der Waals surface area contributed by atoms with Crippen LogP contribution in [0.25, 0.3) is 11.1 Å². The van der Waals surface area contributed by atoms with Gasteiger partial charge in [-0.3, -0.25) is 0 Å². The third-order valence-corrected chi connectivity index (χ3v) is 1.88. The van der Waals surface area contributed by atoms with Crippen molar-refractivity contribution in [2.45, 2.75) is 0 Å². The Morgan fingerprint density at radius 1 is 0.929 bits per heavy atom. The summed E-state index contributed by atoms with van der Waals surface area (Å²) in [5, 5.41) is 0. The van der Waals surface area contributed by atoms with Crippen LogP contribution >= 0.6 is 0 Å². The van der Waals surface area contributed by atoms with Crippen LogP contribution in [0.2, 0.25) is 0 Å². The van der Waals surface area contributed by atoms with Gasteiger partial charge in [0.05, 0.1) is 0 Å². The molecule has 0 atom stereocenters. The molecule has 0 spiro atoms. The second-order valence-electron chi connectivity index (χ2n) is 2.93. The Bertz CT molecular complexity index is 415. The van der Waals surface area contributed by atoms with Crippen molar-refractivity contribution in [2.24, 2.45) is 0 Å². The van der Waals surface area contributed by atoms with Crippen LogP contribution in [0.3, 0.4) is 0 Å². The maximum atomic E-state index is 12.9. The monoisotopic (exact) mass is 189 g/mol. The van der Waals surface area contributed by atoms with E-state index in [9.17, 15) is 8.78 Å². The van der Waals surface area contributed by atoms with Gasteiger partial charge in [-0.2, -0.15) is 0 Å². The van der Waals surface area contributed by atoms with Crippen molar-refractivity contribution in [1.82, 2.24) is 0 Å². The minimum atomic E-state index is -0.572. The van der Waals surface area contributed by atoms with Crippen LogP contribution in [0, 0.1) is 17.7 Å². The Morgan fingerprint density at radius 2 is 1.64 bits per heavy atom. The van der Waals surface area contributed by atoms with E-state index in [1.807, 2.05) is 0 Å². The van der Waals surface area contributed by atoms with Crippen LogP contribution in [0.4, 0.5) is 8.78 Å². The zero-order valence-corrected chi connectivity index (χ0v) is 7.30. The summed E-state index contributed by atoms with van der Waals surface area (Å²) < 4.78 is 25.7. The molecule has 0 aliphatic heterocycles. The van der Waals surface area contributed by atoms with E-state index in [1.165, 1.54) is 12.1 Å². The van der Waals surface area contributed by atoms with Crippen molar-refractivity contribution in [3.8, 4) is 11.1 Å². The topological polar surface area (TPSA) is 0 Å². The molecule has 2 rings (SSSR count). The molecule has 0 N–H and O–H groups in total. The standard InChI is InChI=1S/C12H7F2/c13-11-6-10(7-12(14)8-11)9-4-2-1-3-5-9/h1-4,6-8H. The van der Waals surface area contributed by atoms with Crippen molar-refractivity contribution >= 4 is 0 Å². The van der Waals surface area contributed by atoms with E-state index < -0.39 is 11.6 Å². The molecule has 0 saturated carbocycles. The average Bonchev–Trinajstić information content (AvgIpc) is 2.18. The normalized spacial score (nSPS) is 10.1. The molecule has 0 aliphatic rings. The van der Waals surface area contributed by atoms with Crippen molar-refractivity contribution in [3.63, 3.8) is 0 Å². The fraction of sp³-hybridized carbons (Fsp3) is 0. The van der Waals surface area contributed by atoms with Gasteiger partial charge < -0.3 is 0 Å². The third-order valence-electron chi connectivity index (χ3n) is 1.88. The number of benzene rings is 2. The molecular formula is C12H7F2.